The molecule has 1 fully saturated rings. The maximum absolute atomic E-state index is 11.9. The lowest BCUT2D eigenvalue weighted by Gasteiger charge is -2.18. The van der Waals surface area contributed by atoms with Gasteiger partial charge in [-0.2, -0.15) is 0 Å². The topological polar surface area (TPSA) is 72.6 Å². The summed E-state index contributed by atoms with van der Waals surface area (Å²) in [4.78, 5) is 25.4. The minimum atomic E-state index is -0.471. The summed E-state index contributed by atoms with van der Waals surface area (Å²) in [7, 11) is 0. The second-order valence-electron chi connectivity index (χ2n) is 5.40. The predicted octanol–water partition coefficient (Wildman–Crippen LogP) is 1.46. The van der Waals surface area contributed by atoms with E-state index in [0.29, 0.717) is 0 Å². The van der Waals surface area contributed by atoms with Crippen molar-refractivity contribution in [2.45, 2.75) is 38.3 Å². The summed E-state index contributed by atoms with van der Waals surface area (Å²) in [5.74, 6) is -0.323. The molecule has 5 nitrogen and oxygen atoms in total. The van der Waals surface area contributed by atoms with E-state index >= 15 is 0 Å². The van der Waals surface area contributed by atoms with Crippen LogP contribution in [0.1, 0.15) is 31.2 Å². The highest BCUT2D eigenvalue weighted by Crippen LogP contribution is 2.11. The van der Waals surface area contributed by atoms with Gasteiger partial charge in [0, 0.05) is 25.6 Å². The molecular weight excluding hydrogens is 268 g/mol. The smallest absolute Gasteiger partial charge is 0.307 e. The lowest BCUT2D eigenvalue weighted by atomic mass is 10.1. The summed E-state index contributed by atoms with van der Waals surface area (Å²) in [5, 5.41) is 0. The number of esters is 1. The summed E-state index contributed by atoms with van der Waals surface area (Å²) in [6.45, 7) is 1.86. The average Bonchev–Trinajstić information content (AvgIpc) is 3.00. The van der Waals surface area contributed by atoms with Gasteiger partial charge in [0.05, 0.1) is 6.42 Å². The molecule has 1 atom stereocenters. The first-order valence-corrected chi connectivity index (χ1v) is 7.38. The average molecular weight is 290 g/mol. The fourth-order valence-electron chi connectivity index (χ4n) is 2.40. The summed E-state index contributed by atoms with van der Waals surface area (Å²) in [6, 6.07) is 9.01. The van der Waals surface area contributed by atoms with Crippen LogP contribution in [0, 0.1) is 0 Å². The Hall–Kier alpha value is -1.88. The van der Waals surface area contributed by atoms with Crippen LogP contribution in [0.5, 0.6) is 0 Å². The Bertz CT molecular complexity index is 470. The molecule has 1 aromatic rings. The molecule has 2 N–H and O–H groups in total. The van der Waals surface area contributed by atoms with Crippen LogP contribution >= 0.6 is 0 Å². The summed E-state index contributed by atoms with van der Waals surface area (Å²) in [5.41, 5.74) is 6.80. The molecule has 114 valence electrons. The molecule has 0 aromatic heterocycles. The highest BCUT2D eigenvalue weighted by molar-refractivity contribution is 5.78. The molecule has 0 aliphatic carbocycles. The molecular formula is C16H22N2O3. The first-order chi connectivity index (χ1) is 10.1. The van der Waals surface area contributed by atoms with Crippen molar-refractivity contribution in [3.05, 3.63) is 35.9 Å². The number of rotatable bonds is 6. The molecule has 0 spiro atoms. The monoisotopic (exact) mass is 290 g/mol. The van der Waals surface area contributed by atoms with Crippen molar-refractivity contribution in [1.29, 1.82) is 0 Å². The standard InChI is InChI=1S/C16H22N2O3/c17-14(10-15(19)18-8-4-5-9-18)11-16(20)21-12-13-6-2-1-3-7-13/h1-3,6-7,14H,4-5,8-12,17H2. The summed E-state index contributed by atoms with van der Waals surface area (Å²) < 4.78 is 5.16. The van der Waals surface area contributed by atoms with Crippen LogP contribution in [0.25, 0.3) is 0 Å². The number of likely N-dealkylation sites (tertiary alicyclic amines) is 1. The van der Waals surface area contributed by atoms with Crippen molar-refractivity contribution in [2.24, 2.45) is 5.73 Å². The lowest BCUT2D eigenvalue weighted by Crippen LogP contribution is -2.35. The predicted molar refractivity (Wildman–Crippen MR) is 79.3 cm³/mol. The second kappa shape index (κ2) is 7.78. The summed E-state index contributed by atoms with van der Waals surface area (Å²) in [6.07, 6.45) is 2.40. The molecule has 2 rings (SSSR count). The zero-order valence-corrected chi connectivity index (χ0v) is 12.2. The molecule has 1 aromatic carbocycles. The molecule has 1 aliphatic rings. The van der Waals surface area contributed by atoms with Gasteiger partial charge in [0.25, 0.3) is 0 Å². The van der Waals surface area contributed by atoms with Gasteiger partial charge in [-0.05, 0) is 18.4 Å². The van der Waals surface area contributed by atoms with E-state index < -0.39 is 6.04 Å². The number of ether oxygens (including phenoxy) is 1. The SMILES string of the molecule is NC(CC(=O)OCc1ccccc1)CC(=O)N1CCCC1. The number of nitrogens with two attached hydrogens (primary N) is 1. The van der Waals surface area contributed by atoms with Crippen LogP contribution in [0.3, 0.4) is 0 Å². The van der Waals surface area contributed by atoms with E-state index in [0.717, 1.165) is 31.5 Å². The lowest BCUT2D eigenvalue weighted by molar-refractivity contribution is -0.145. The molecule has 1 heterocycles. The molecule has 1 amide bonds. The largest absolute Gasteiger partial charge is 0.461 e. The number of nitrogens with zero attached hydrogens (tertiary/aromatic N) is 1. The van der Waals surface area contributed by atoms with Crippen LogP contribution in [0.2, 0.25) is 0 Å². The number of hydrogen-bond donors (Lipinski definition) is 1. The van der Waals surface area contributed by atoms with Gasteiger partial charge in [-0.15, -0.1) is 0 Å². The normalized spacial score (nSPS) is 15.8. The number of amides is 1. The molecule has 5 heteroatoms. The van der Waals surface area contributed by atoms with E-state index in [4.69, 9.17) is 10.5 Å². The Morgan fingerprint density at radius 3 is 2.48 bits per heavy atom. The fraction of sp³-hybridized carbons (Fsp3) is 0.500. The highest BCUT2D eigenvalue weighted by atomic mass is 16.5. The van der Waals surface area contributed by atoms with Crippen LogP contribution in [-0.4, -0.2) is 35.9 Å². The van der Waals surface area contributed by atoms with Gasteiger partial charge in [0.1, 0.15) is 6.61 Å². The Kier molecular flexibility index (Phi) is 5.75. The van der Waals surface area contributed by atoms with E-state index in [-0.39, 0.29) is 31.3 Å². The third-order valence-electron chi connectivity index (χ3n) is 3.57. The molecule has 0 saturated carbocycles. The van der Waals surface area contributed by atoms with E-state index in [1.807, 2.05) is 35.2 Å². The van der Waals surface area contributed by atoms with E-state index in [1.165, 1.54) is 0 Å². The highest BCUT2D eigenvalue weighted by Gasteiger charge is 2.21. The fourth-order valence-corrected chi connectivity index (χ4v) is 2.40. The zero-order chi connectivity index (χ0) is 15.1. The van der Waals surface area contributed by atoms with Crippen molar-refractivity contribution in [3.63, 3.8) is 0 Å². The Labute approximate surface area is 125 Å². The van der Waals surface area contributed by atoms with Gasteiger partial charge < -0.3 is 15.4 Å². The van der Waals surface area contributed by atoms with Crippen molar-refractivity contribution >= 4 is 11.9 Å². The van der Waals surface area contributed by atoms with Gasteiger partial charge in [-0.3, -0.25) is 9.59 Å². The molecule has 1 saturated heterocycles. The maximum Gasteiger partial charge on any atom is 0.307 e. The molecule has 1 unspecified atom stereocenters. The maximum atomic E-state index is 11.9. The van der Waals surface area contributed by atoms with Crippen molar-refractivity contribution in [1.82, 2.24) is 4.90 Å². The first-order valence-electron chi connectivity index (χ1n) is 7.38. The van der Waals surface area contributed by atoms with Crippen molar-refractivity contribution in [3.8, 4) is 0 Å². The minimum absolute atomic E-state index is 0.0378. The van der Waals surface area contributed by atoms with Gasteiger partial charge in [-0.1, -0.05) is 30.3 Å². The zero-order valence-electron chi connectivity index (χ0n) is 12.2. The number of hydrogen-bond acceptors (Lipinski definition) is 4. The van der Waals surface area contributed by atoms with Crippen LogP contribution < -0.4 is 5.73 Å². The quantitative estimate of drug-likeness (QED) is 0.805. The van der Waals surface area contributed by atoms with Crippen LogP contribution in [0.4, 0.5) is 0 Å². The summed E-state index contributed by atoms with van der Waals surface area (Å²) >= 11 is 0. The van der Waals surface area contributed by atoms with Gasteiger partial charge in [0.2, 0.25) is 5.91 Å². The van der Waals surface area contributed by atoms with Crippen LogP contribution in [0.15, 0.2) is 30.3 Å². The molecule has 0 bridgehead atoms. The van der Waals surface area contributed by atoms with Gasteiger partial charge >= 0.3 is 5.97 Å². The minimum Gasteiger partial charge on any atom is -0.461 e. The Balaban J connectivity index is 1.68. The van der Waals surface area contributed by atoms with Gasteiger partial charge in [-0.25, -0.2) is 0 Å². The molecule has 1 aliphatic heterocycles. The molecule has 21 heavy (non-hydrogen) atoms. The van der Waals surface area contributed by atoms with E-state index in [9.17, 15) is 9.59 Å². The van der Waals surface area contributed by atoms with Crippen molar-refractivity contribution < 1.29 is 14.3 Å². The Morgan fingerprint density at radius 1 is 1.14 bits per heavy atom. The number of carbonyl (C=O) groups is 2. The van der Waals surface area contributed by atoms with Gasteiger partial charge in [0.15, 0.2) is 0 Å². The Morgan fingerprint density at radius 2 is 1.81 bits per heavy atom. The van der Waals surface area contributed by atoms with E-state index in [2.05, 4.69) is 0 Å². The van der Waals surface area contributed by atoms with E-state index in [1.54, 1.807) is 0 Å². The van der Waals surface area contributed by atoms with Crippen LogP contribution in [-0.2, 0) is 20.9 Å². The molecule has 0 radical (unpaired) electrons. The van der Waals surface area contributed by atoms with Crippen molar-refractivity contribution in [2.75, 3.05) is 13.1 Å². The number of carbonyl (C=O) groups excluding carboxylic acids is 2. The third kappa shape index (κ3) is 5.19. The third-order valence-corrected chi connectivity index (χ3v) is 3.57. The first kappa shape index (κ1) is 15.5. The number of benzene rings is 1. The second-order valence-corrected chi connectivity index (χ2v) is 5.40.